The molecule has 142 valence electrons. The van der Waals surface area contributed by atoms with Gasteiger partial charge in [-0.3, -0.25) is 4.79 Å². The number of likely N-dealkylation sites (N-methyl/N-ethyl adjacent to an activating group) is 1. The highest BCUT2D eigenvalue weighted by atomic mass is 19.4. The number of alkyl halides is 3. The molecule has 0 spiro atoms. The maximum Gasteiger partial charge on any atom is 0.417 e. The van der Waals surface area contributed by atoms with Crippen LogP contribution in [-0.2, 0) is 11.0 Å². The molecular formula is C20H20F3N3O. The minimum Gasteiger partial charge on any atom is -0.362 e. The highest BCUT2D eigenvalue weighted by Gasteiger charge is 2.34. The van der Waals surface area contributed by atoms with E-state index in [0.29, 0.717) is 6.54 Å². The third-order valence-corrected chi connectivity index (χ3v) is 4.19. The molecule has 1 N–H and O–H groups in total. The average Bonchev–Trinajstić information content (AvgIpc) is 2.65. The molecule has 2 aromatic rings. The first-order valence-corrected chi connectivity index (χ1v) is 8.46. The Bertz CT molecular complexity index is 829. The van der Waals surface area contributed by atoms with E-state index < -0.39 is 17.3 Å². The van der Waals surface area contributed by atoms with Crippen LogP contribution >= 0.6 is 0 Å². The van der Waals surface area contributed by atoms with E-state index in [1.165, 1.54) is 11.0 Å². The molecule has 0 radical (unpaired) electrons. The SMILES string of the molecule is CCN(CC(=O)NC(C)c1ccccc1)c1ccc(C#N)c(C(F)(F)F)c1. The number of hydrogen-bond donors (Lipinski definition) is 1. The summed E-state index contributed by atoms with van der Waals surface area (Å²) in [5.41, 5.74) is -0.263. The van der Waals surface area contributed by atoms with Crippen LogP contribution in [0.25, 0.3) is 0 Å². The molecule has 0 heterocycles. The number of halogens is 3. The second kappa shape index (κ2) is 8.58. The zero-order valence-corrected chi connectivity index (χ0v) is 15.0. The lowest BCUT2D eigenvalue weighted by atomic mass is 10.1. The van der Waals surface area contributed by atoms with E-state index in [0.717, 1.165) is 17.7 Å². The summed E-state index contributed by atoms with van der Waals surface area (Å²) in [4.78, 5) is 13.9. The summed E-state index contributed by atoms with van der Waals surface area (Å²) in [6.45, 7) is 3.85. The van der Waals surface area contributed by atoms with Gasteiger partial charge in [-0.15, -0.1) is 0 Å². The van der Waals surface area contributed by atoms with Crippen molar-refractivity contribution in [2.24, 2.45) is 0 Å². The van der Waals surface area contributed by atoms with Crippen molar-refractivity contribution in [2.75, 3.05) is 18.0 Å². The summed E-state index contributed by atoms with van der Waals surface area (Å²) in [6.07, 6.45) is -4.63. The molecule has 0 aliphatic heterocycles. The van der Waals surface area contributed by atoms with Gasteiger partial charge >= 0.3 is 6.18 Å². The van der Waals surface area contributed by atoms with Crippen LogP contribution in [0, 0.1) is 11.3 Å². The normalized spacial score (nSPS) is 12.1. The quantitative estimate of drug-likeness (QED) is 0.820. The molecule has 4 nitrogen and oxygen atoms in total. The van der Waals surface area contributed by atoms with Gasteiger partial charge in [-0.05, 0) is 37.6 Å². The largest absolute Gasteiger partial charge is 0.417 e. The van der Waals surface area contributed by atoms with Gasteiger partial charge in [0.05, 0.1) is 29.8 Å². The number of nitrogens with one attached hydrogen (secondary N) is 1. The Morgan fingerprint density at radius 3 is 2.44 bits per heavy atom. The fourth-order valence-electron chi connectivity index (χ4n) is 2.73. The van der Waals surface area contributed by atoms with Crippen LogP contribution in [0.3, 0.4) is 0 Å². The van der Waals surface area contributed by atoms with Crippen molar-refractivity contribution < 1.29 is 18.0 Å². The van der Waals surface area contributed by atoms with E-state index in [1.807, 2.05) is 37.3 Å². The topological polar surface area (TPSA) is 56.1 Å². The third kappa shape index (κ3) is 5.23. The number of hydrogen-bond acceptors (Lipinski definition) is 3. The Labute approximate surface area is 156 Å². The molecule has 0 aliphatic rings. The van der Waals surface area contributed by atoms with Crippen molar-refractivity contribution in [2.45, 2.75) is 26.1 Å². The van der Waals surface area contributed by atoms with E-state index in [1.54, 1.807) is 13.0 Å². The predicted molar refractivity (Wildman–Crippen MR) is 97.0 cm³/mol. The molecule has 0 saturated carbocycles. The average molecular weight is 375 g/mol. The fraction of sp³-hybridized carbons (Fsp3) is 0.300. The third-order valence-electron chi connectivity index (χ3n) is 4.19. The Balaban J connectivity index is 2.15. The van der Waals surface area contributed by atoms with Gasteiger partial charge in [0, 0.05) is 12.2 Å². The number of carbonyl (C=O) groups excluding carboxylic acids is 1. The lowest BCUT2D eigenvalue weighted by Gasteiger charge is -2.25. The molecule has 0 aliphatic carbocycles. The van der Waals surface area contributed by atoms with Crippen LogP contribution in [0.15, 0.2) is 48.5 Å². The number of carbonyl (C=O) groups is 1. The molecule has 7 heteroatoms. The lowest BCUT2D eigenvalue weighted by Crippen LogP contribution is -2.38. The van der Waals surface area contributed by atoms with Crippen LogP contribution < -0.4 is 10.2 Å². The molecule has 2 rings (SSSR count). The minimum atomic E-state index is -4.63. The first-order valence-electron chi connectivity index (χ1n) is 8.46. The van der Waals surface area contributed by atoms with Gasteiger partial charge in [-0.1, -0.05) is 30.3 Å². The van der Waals surface area contributed by atoms with Crippen molar-refractivity contribution in [3.05, 3.63) is 65.2 Å². The Morgan fingerprint density at radius 2 is 1.89 bits per heavy atom. The van der Waals surface area contributed by atoms with Gasteiger partial charge in [0.25, 0.3) is 0 Å². The van der Waals surface area contributed by atoms with Gasteiger partial charge in [-0.25, -0.2) is 0 Å². The van der Waals surface area contributed by atoms with Gasteiger partial charge in [-0.2, -0.15) is 18.4 Å². The molecular weight excluding hydrogens is 355 g/mol. The summed E-state index contributed by atoms with van der Waals surface area (Å²) in [7, 11) is 0. The predicted octanol–water partition coefficient (Wildman–Crippen LogP) is 4.28. The first-order chi connectivity index (χ1) is 12.8. The van der Waals surface area contributed by atoms with E-state index in [4.69, 9.17) is 5.26 Å². The van der Waals surface area contributed by atoms with Crippen molar-refractivity contribution >= 4 is 11.6 Å². The monoisotopic (exact) mass is 375 g/mol. The highest BCUT2D eigenvalue weighted by Crippen LogP contribution is 2.34. The molecule has 1 unspecified atom stereocenters. The maximum absolute atomic E-state index is 13.2. The zero-order chi connectivity index (χ0) is 20.0. The van der Waals surface area contributed by atoms with Crippen LogP contribution in [0.4, 0.5) is 18.9 Å². The molecule has 0 fully saturated rings. The molecule has 1 atom stereocenters. The lowest BCUT2D eigenvalue weighted by molar-refractivity contribution is -0.137. The summed E-state index contributed by atoms with van der Waals surface area (Å²) in [5, 5.41) is 11.7. The Hall–Kier alpha value is -3.01. The van der Waals surface area contributed by atoms with E-state index in [2.05, 4.69) is 5.32 Å². The second-order valence-electron chi connectivity index (χ2n) is 6.05. The molecule has 0 aromatic heterocycles. The fourth-order valence-corrected chi connectivity index (χ4v) is 2.73. The highest BCUT2D eigenvalue weighted by molar-refractivity contribution is 5.81. The Kier molecular flexibility index (Phi) is 6.45. The molecule has 2 aromatic carbocycles. The first kappa shape index (κ1) is 20.3. The van der Waals surface area contributed by atoms with E-state index in [-0.39, 0.29) is 24.2 Å². The Morgan fingerprint density at radius 1 is 1.22 bits per heavy atom. The van der Waals surface area contributed by atoms with Gasteiger partial charge in [0.1, 0.15) is 0 Å². The molecule has 27 heavy (non-hydrogen) atoms. The minimum absolute atomic E-state index is 0.0864. The number of amides is 1. The summed E-state index contributed by atoms with van der Waals surface area (Å²) >= 11 is 0. The van der Waals surface area contributed by atoms with Crippen molar-refractivity contribution in [1.82, 2.24) is 5.32 Å². The summed E-state index contributed by atoms with van der Waals surface area (Å²) in [5.74, 6) is -0.300. The van der Waals surface area contributed by atoms with E-state index in [9.17, 15) is 18.0 Å². The second-order valence-corrected chi connectivity index (χ2v) is 6.05. The van der Waals surface area contributed by atoms with Gasteiger partial charge in [0.2, 0.25) is 5.91 Å². The van der Waals surface area contributed by atoms with Crippen LogP contribution in [0.1, 0.15) is 36.6 Å². The van der Waals surface area contributed by atoms with Gasteiger partial charge < -0.3 is 10.2 Å². The number of nitriles is 1. The molecule has 0 bridgehead atoms. The van der Waals surface area contributed by atoms with Crippen LogP contribution in [0.2, 0.25) is 0 Å². The van der Waals surface area contributed by atoms with Crippen molar-refractivity contribution in [1.29, 1.82) is 5.26 Å². The number of nitrogens with zero attached hydrogens (tertiary/aromatic N) is 2. The smallest absolute Gasteiger partial charge is 0.362 e. The number of rotatable bonds is 6. The molecule has 1 amide bonds. The van der Waals surface area contributed by atoms with E-state index >= 15 is 0 Å². The van der Waals surface area contributed by atoms with Crippen LogP contribution in [0.5, 0.6) is 0 Å². The number of benzene rings is 2. The van der Waals surface area contributed by atoms with Crippen LogP contribution in [-0.4, -0.2) is 19.0 Å². The van der Waals surface area contributed by atoms with Gasteiger partial charge in [0.15, 0.2) is 0 Å². The number of anilines is 1. The molecule has 0 saturated heterocycles. The zero-order valence-electron chi connectivity index (χ0n) is 15.0. The van der Waals surface area contributed by atoms with Crippen molar-refractivity contribution in [3.8, 4) is 6.07 Å². The standard InChI is InChI=1S/C20H20F3N3O/c1-3-26(13-19(27)25-14(2)15-7-5-4-6-8-15)17-10-9-16(12-24)18(11-17)20(21,22)23/h4-11,14H,3,13H2,1-2H3,(H,25,27). The summed E-state index contributed by atoms with van der Waals surface area (Å²) in [6, 6.07) is 14.2. The maximum atomic E-state index is 13.2. The summed E-state index contributed by atoms with van der Waals surface area (Å²) < 4.78 is 39.5. The van der Waals surface area contributed by atoms with Crippen molar-refractivity contribution in [3.63, 3.8) is 0 Å².